The molecule has 172 valence electrons. The molecule has 1 aliphatic heterocycles. The summed E-state index contributed by atoms with van der Waals surface area (Å²) < 4.78 is 58.1. The average Bonchev–Trinajstić information content (AvgIpc) is 2.81. The maximum absolute atomic E-state index is 14.1. The van der Waals surface area contributed by atoms with Crippen molar-refractivity contribution in [3.63, 3.8) is 0 Å². The Morgan fingerprint density at radius 1 is 1.09 bits per heavy atom. The molecule has 3 aromatic rings. The molecule has 0 amide bonds. The Labute approximate surface area is 187 Å². The van der Waals surface area contributed by atoms with Gasteiger partial charge in [0.05, 0.1) is 36.9 Å². The first-order valence-electron chi connectivity index (χ1n) is 10.1. The third-order valence-corrected chi connectivity index (χ3v) is 4.87. The summed E-state index contributed by atoms with van der Waals surface area (Å²) in [7, 11) is 0. The maximum atomic E-state index is 14.1. The Balaban J connectivity index is 1.42. The van der Waals surface area contributed by atoms with Gasteiger partial charge < -0.3 is 9.64 Å². The van der Waals surface area contributed by atoms with Gasteiger partial charge in [0.2, 0.25) is 5.95 Å². The van der Waals surface area contributed by atoms with Crippen LogP contribution >= 0.6 is 0 Å². The first-order valence-corrected chi connectivity index (χ1v) is 10.1. The molecule has 1 saturated heterocycles. The molecule has 0 saturated carbocycles. The molecule has 0 bridgehead atoms. The number of alkyl halides is 3. The van der Waals surface area contributed by atoms with Crippen molar-refractivity contribution in [3.05, 3.63) is 77.0 Å². The summed E-state index contributed by atoms with van der Waals surface area (Å²) in [5.74, 6) is -0.239. The summed E-state index contributed by atoms with van der Waals surface area (Å²) in [6.07, 6.45) is -1.66. The lowest BCUT2D eigenvalue weighted by molar-refractivity contribution is -0.137. The Kier molecular flexibility index (Phi) is 6.78. The van der Waals surface area contributed by atoms with E-state index in [0.717, 1.165) is 18.3 Å². The molecule has 1 aromatic carbocycles. The third kappa shape index (κ3) is 6.01. The number of nitrogens with zero attached hydrogens (tertiary/aromatic N) is 5. The van der Waals surface area contributed by atoms with Crippen molar-refractivity contribution in [2.24, 2.45) is 5.10 Å². The monoisotopic (exact) mass is 460 g/mol. The zero-order chi connectivity index (χ0) is 23.3. The molecule has 4 rings (SSSR count). The van der Waals surface area contributed by atoms with Crippen LogP contribution in [0.15, 0.2) is 53.8 Å². The van der Waals surface area contributed by atoms with Crippen molar-refractivity contribution in [3.8, 4) is 0 Å². The molecular weight excluding hydrogens is 440 g/mol. The second kappa shape index (κ2) is 9.90. The summed E-state index contributed by atoms with van der Waals surface area (Å²) in [6, 6.07) is 10.3. The number of nitrogens with one attached hydrogen (secondary N) is 1. The van der Waals surface area contributed by atoms with Crippen molar-refractivity contribution in [1.29, 1.82) is 0 Å². The highest BCUT2D eigenvalue weighted by molar-refractivity contribution is 5.77. The van der Waals surface area contributed by atoms with Crippen LogP contribution in [0.5, 0.6) is 0 Å². The number of pyridine rings is 1. The van der Waals surface area contributed by atoms with Crippen LogP contribution in [0.3, 0.4) is 0 Å². The highest BCUT2D eigenvalue weighted by Crippen LogP contribution is 2.29. The molecule has 2 aromatic heterocycles. The molecule has 0 spiro atoms. The molecular formula is C22H20F4N6O. The van der Waals surface area contributed by atoms with E-state index in [9.17, 15) is 17.6 Å². The van der Waals surface area contributed by atoms with Gasteiger partial charge in [0.15, 0.2) is 11.6 Å². The predicted molar refractivity (Wildman–Crippen MR) is 115 cm³/mol. The minimum Gasteiger partial charge on any atom is -0.378 e. The van der Waals surface area contributed by atoms with Crippen LogP contribution in [0.2, 0.25) is 0 Å². The molecule has 11 heteroatoms. The highest BCUT2D eigenvalue weighted by Gasteiger charge is 2.30. The lowest BCUT2D eigenvalue weighted by Crippen LogP contribution is -2.37. The molecule has 0 radical (unpaired) electrons. The van der Waals surface area contributed by atoms with E-state index in [1.165, 1.54) is 12.3 Å². The number of rotatable bonds is 6. The Morgan fingerprint density at radius 2 is 1.88 bits per heavy atom. The third-order valence-electron chi connectivity index (χ3n) is 4.87. The van der Waals surface area contributed by atoms with E-state index in [2.05, 4.69) is 25.5 Å². The predicted octanol–water partition coefficient (Wildman–Crippen LogP) is 3.90. The van der Waals surface area contributed by atoms with Gasteiger partial charge in [-0.15, -0.1) is 0 Å². The van der Waals surface area contributed by atoms with Crippen LogP contribution in [-0.4, -0.2) is 47.5 Å². The van der Waals surface area contributed by atoms with Gasteiger partial charge in [-0.25, -0.2) is 14.8 Å². The summed E-state index contributed by atoms with van der Waals surface area (Å²) in [6.45, 7) is 2.04. The van der Waals surface area contributed by atoms with Crippen molar-refractivity contribution < 1.29 is 22.3 Å². The molecule has 3 heterocycles. The van der Waals surface area contributed by atoms with E-state index >= 15 is 0 Å². The van der Waals surface area contributed by atoms with Crippen LogP contribution < -0.4 is 10.3 Å². The molecule has 0 unspecified atom stereocenters. The summed E-state index contributed by atoms with van der Waals surface area (Å²) >= 11 is 0. The van der Waals surface area contributed by atoms with E-state index in [1.807, 2.05) is 0 Å². The van der Waals surface area contributed by atoms with Gasteiger partial charge in [0.25, 0.3) is 0 Å². The number of ether oxygens (including phenoxy) is 1. The van der Waals surface area contributed by atoms with Gasteiger partial charge in [0.1, 0.15) is 0 Å². The van der Waals surface area contributed by atoms with Gasteiger partial charge in [-0.1, -0.05) is 24.3 Å². The number of halogens is 4. The normalized spacial score (nSPS) is 14.6. The van der Waals surface area contributed by atoms with E-state index < -0.39 is 17.6 Å². The van der Waals surface area contributed by atoms with Gasteiger partial charge in [-0.3, -0.25) is 4.98 Å². The Morgan fingerprint density at radius 3 is 2.67 bits per heavy atom. The number of aromatic nitrogens is 3. The number of hydrogen-bond acceptors (Lipinski definition) is 7. The largest absolute Gasteiger partial charge is 0.416 e. The van der Waals surface area contributed by atoms with Crippen LogP contribution in [0.4, 0.5) is 29.3 Å². The standard InChI is InChI=1S/C22H20F4N6O/c23-19-14-27-21(30-20(19)32-7-9-33-10-8-32)31-28-13-18-6-2-5-17(29-18)12-15-3-1-4-16(11-15)22(24,25)26/h1-6,11,13-14H,7-10,12H2,(H,27,30,31)/b28-13-. The van der Waals surface area contributed by atoms with E-state index in [-0.39, 0.29) is 18.2 Å². The van der Waals surface area contributed by atoms with Crippen molar-refractivity contribution in [2.75, 3.05) is 36.6 Å². The smallest absolute Gasteiger partial charge is 0.378 e. The van der Waals surface area contributed by atoms with Crippen LogP contribution in [0.1, 0.15) is 22.5 Å². The highest BCUT2D eigenvalue weighted by atomic mass is 19.4. The fraction of sp³-hybridized carbons (Fsp3) is 0.273. The van der Waals surface area contributed by atoms with Crippen molar-refractivity contribution in [1.82, 2.24) is 15.0 Å². The Bertz CT molecular complexity index is 1130. The molecule has 33 heavy (non-hydrogen) atoms. The fourth-order valence-electron chi connectivity index (χ4n) is 3.30. The quantitative estimate of drug-likeness (QED) is 0.342. The fourth-order valence-corrected chi connectivity index (χ4v) is 3.30. The second-order valence-electron chi connectivity index (χ2n) is 7.26. The minimum atomic E-state index is -4.40. The van der Waals surface area contributed by atoms with Gasteiger partial charge in [0, 0.05) is 25.2 Å². The van der Waals surface area contributed by atoms with Gasteiger partial charge in [-0.05, 0) is 23.8 Å². The Hall–Kier alpha value is -3.60. The number of morpholine rings is 1. The lowest BCUT2D eigenvalue weighted by atomic mass is 10.1. The summed E-state index contributed by atoms with van der Waals surface area (Å²) in [5.41, 5.74) is 3.53. The molecule has 1 fully saturated rings. The molecule has 1 aliphatic rings. The second-order valence-corrected chi connectivity index (χ2v) is 7.26. The average molecular weight is 460 g/mol. The number of benzene rings is 1. The first kappa shape index (κ1) is 22.6. The lowest BCUT2D eigenvalue weighted by Gasteiger charge is -2.27. The molecule has 1 N–H and O–H groups in total. The number of hydrazone groups is 1. The van der Waals surface area contributed by atoms with Crippen molar-refractivity contribution in [2.45, 2.75) is 12.6 Å². The van der Waals surface area contributed by atoms with E-state index in [4.69, 9.17) is 4.74 Å². The SMILES string of the molecule is Fc1cnc(N/N=C\c2cccc(Cc3cccc(C(F)(F)F)c3)n2)nc1N1CCOCC1. The summed E-state index contributed by atoms with van der Waals surface area (Å²) in [4.78, 5) is 14.2. The van der Waals surface area contributed by atoms with Crippen LogP contribution in [0, 0.1) is 5.82 Å². The molecule has 0 aliphatic carbocycles. The minimum absolute atomic E-state index is 0.120. The molecule has 7 nitrogen and oxygen atoms in total. The van der Waals surface area contributed by atoms with Crippen molar-refractivity contribution >= 4 is 18.0 Å². The van der Waals surface area contributed by atoms with Crippen LogP contribution in [0.25, 0.3) is 0 Å². The van der Waals surface area contributed by atoms with Gasteiger partial charge >= 0.3 is 6.18 Å². The number of hydrogen-bond donors (Lipinski definition) is 1. The van der Waals surface area contributed by atoms with Gasteiger partial charge in [-0.2, -0.15) is 23.3 Å². The zero-order valence-electron chi connectivity index (χ0n) is 17.4. The van der Waals surface area contributed by atoms with E-state index in [1.54, 1.807) is 29.2 Å². The van der Waals surface area contributed by atoms with E-state index in [0.29, 0.717) is 43.3 Å². The number of anilines is 2. The van der Waals surface area contributed by atoms with Crippen LogP contribution in [-0.2, 0) is 17.3 Å². The topological polar surface area (TPSA) is 75.5 Å². The summed E-state index contributed by atoms with van der Waals surface area (Å²) in [5, 5.41) is 4.05. The maximum Gasteiger partial charge on any atom is 0.416 e. The first-order chi connectivity index (χ1) is 15.9. The molecule has 0 atom stereocenters. The zero-order valence-corrected chi connectivity index (χ0v) is 17.4.